The average molecular weight is 591 g/mol. The smallest absolute Gasteiger partial charge is 0.293 e. The molecule has 2 aromatic heterocycles. The zero-order valence-electron chi connectivity index (χ0n) is 21.8. The number of para-hydroxylation sites is 1. The fourth-order valence-corrected chi connectivity index (χ4v) is 5.48. The van der Waals surface area contributed by atoms with Crippen LogP contribution in [0.5, 0.6) is 5.75 Å². The van der Waals surface area contributed by atoms with Crippen molar-refractivity contribution in [2.75, 3.05) is 17.7 Å². The largest absolute Gasteiger partial charge is 0.497 e. The number of carbonyl (C=O) groups excluding carboxylic acids is 2. The SMILES string of the molecule is COc1ccc(NC(=O)c2oc3ccccc3c2NC(=O)c2nc(S(=O)(=O)Cc3cccc(C)c3)ncc2Cl)cc1. The van der Waals surface area contributed by atoms with E-state index in [9.17, 15) is 18.0 Å². The van der Waals surface area contributed by atoms with Gasteiger partial charge in [0.2, 0.25) is 20.8 Å². The number of furan rings is 1. The van der Waals surface area contributed by atoms with E-state index in [4.69, 9.17) is 20.8 Å². The predicted octanol–water partition coefficient (Wildman–Crippen LogP) is 5.67. The number of carbonyl (C=O) groups is 2. The van der Waals surface area contributed by atoms with Crippen molar-refractivity contribution in [3.63, 3.8) is 0 Å². The molecule has 5 aromatic rings. The summed E-state index contributed by atoms with van der Waals surface area (Å²) >= 11 is 6.22. The summed E-state index contributed by atoms with van der Waals surface area (Å²) in [5.41, 5.74) is 1.95. The van der Waals surface area contributed by atoms with E-state index in [2.05, 4.69) is 20.6 Å². The van der Waals surface area contributed by atoms with E-state index in [0.29, 0.717) is 28.0 Å². The van der Waals surface area contributed by atoms with E-state index < -0.39 is 26.8 Å². The molecule has 0 aliphatic heterocycles. The van der Waals surface area contributed by atoms with E-state index in [-0.39, 0.29) is 27.9 Å². The van der Waals surface area contributed by atoms with Gasteiger partial charge in [0.25, 0.3) is 11.8 Å². The molecule has 41 heavy (non-hydrogen) atoms. The van der Waals surface area contributed by atoms with Gasteiger partial charge in [0.1, 0.15) is 17.0 Å². The fourth-order valence-electron chi connectivity index (χ4n) is 4.11. The second-order valence-corrected chi connectivity index (χ2v) is 11.3. The number of hydrogen-bond acceptors (Lipinski definition) is 8. The number of methoxy groups -OCH3 is 1. The highest BCUT2D eigenvalue weighted by Crippen LogP contribution is 2.32. The third-order valence-corrected chi connectivity index (χ3v) is 7.79. The number of rotatable bonds is 8. The van der Waals surface area contributed by atoms with Crippen LogP contribution in [0.15, 0.2) is 88.6 Å². The maximum atomic E-state index is 13.4. The number of sulfone groups is 1. The number of anilines is 2. The van der Waals surface area contributed by atoms with Crippen molar-refractivity contribution < 1.29 is 27.2 Å². The normalized spacial score (nSPS) is 11.3. The van der Waals surface area contributed by atoms with Crippen LogP contribution in [0.25, 0.3) is 11.0 Å². The Morgan fingerprint density at radius 1 is 0.976 bits per heavy atom. The first-order valence-electron chi connectivity index (χ1n) is 12.2. The van der Waals surface area contributed by atoms with Gasteiger partial charge in [0.15, 0.2) is 5.69 Å². The highest BCUT2D eigenvalue weighted by molar-refractivity contribution is 7.90. The second kappa shape index (κ2) is 11.4. The molecule has 10 nitrogen and oxygen atoms in total. The number of nitrogens with one attached hydrogen (secondary N) is 2. The first-order valence-corrected chi connectivity index (χ1v) is 14.3. The molecule has 0 bridgehead atoms. The van der Waals surface area contributed by atoms with Crippen molar-refractivity contribution in [3.8, 4) is 5.75 Å². The minimum atomic E-state index is -4.01. The Labute approximate surface area is 240 Å². The quantitative estimate of drug-likeness (QED) is 0.220. The zero-order chi connectivity index (χ0) is 29.1. The van der Waals surface area contributed by atoms with Gasteiger partial charge in [0.05, 0.1) is 24.1 Å². The highest BCUT2D eigenvalue weighted by Gasteiger charge is 2.27. The Morgan fingerprint density at radius 3 is 2.46 bits per heavy atom. The summed E-state index contributed by atoms with van der Waals surface area (Å²) in [7, 11) is -2.48. The standard InChI is InChI=1S/C29H23ClN4O6S/c1-17-6-5-7-18(14-17)16-41(37,38)29-31-15-22(30)25(34-29)27(35)33-24-21-8-3-4-9-23(21)40-26(24)28(36)32-19-10-12-20(39-2)13-11-19/h3-15H,16H2,1-2H3,(H,32,36)(H,33,35). The summed E-state index contributed by atoms with van der Waals surface area (Å²) < 4.78 is 37.1. The molecular formula is C29H23ClN4O6S. The molecule has 2 heterocycles. The summed E-state index contributed by atoms with van der Waals surface area (Å²) in [6, 6.07) is 20.4. The van der Waals surface area contributed by atoms with E-state index in [1.807, 2.05) is 13.0 Å². The monoisotopic (exact) mass is 590 g/mol. The molecule has 0 atom stereocenters. The minimum absolute atomic E-state index is 0.0652. The molecule has 0 fully saturated rings. The molecule has 3 aromatic carbocycles. The zero-order valence-corrected chi connectivity index (χ0v) is 23.4. The molecule has 0 unspecified atom stereocenters. The first kappa shape index (κ1) is 27.8. The lowest BCUT2D eigenvalue weighted by Gasteiger charge is -2.10. The number of benzene rings is 3. The van der Waals surface area contributed by atoms with Gasteiger partial charge in [-0.25, -0.2) is 18.4 Å². The van der Waals surface area contributed by atoms with Crippen LogP contribution in [0.3, 0.4) is 0 Å². The fraction of sp³-hybridized carbons (Fsp3) is 0.103. The Bertz CT molecular complexity index is 1890. The summed E-state index contributed by atoms with van der Waals surface area (Å²) in [6.45, 7) is 1.85. The van der Waals surface area contributed by atoms with Crippen LogP contribution in [0.2, 0.25) is 5.02 Å². The molecule has 0 radical (unpaired) electrons. The van der Waals surface area contributed by atoms with Crippen LogP contribution < -0.4 is 15.4 Å². The molecule has 0 aliphatic rings. The van der Waals surface area contributed by atoms with Gasteiger partial charge < -0.3 is 19.8 Å². The molecule has 2 N–H and O–H groups in total. The van der Waals surface area contributed by atoms with Crippen LogP contribution in [0.1, 0.15) is 32.2 Å². The topological polar surface area (TPSA) is 140 Å². The van der Waals surface area contributed by atoms with Crippen molar-refractivity contribution >= 4 is 55.6 Å². The summed E-state index contributed by atoms with van der Waals surface area (Å²) in [6.07, 6.45) is 1.05. The van der Waals surface area contributed by atoms with Crippen LogP contribution >= 0.6 is 11.6 Å². The van der Waals surface area contributed by atoms with Gasteiger partial charge in [-0.2, -0.15) is 0 Å². The number of nitrogens with zero attached hydrogens (tertiary/aromatic N) is 2. The second-order valence-electron chi connectivity index (χ2n) is 9.04. The third-order valence-electron chi connectivity index (χ3n) is 6.04. The van der Waals surface area contributed by atoms with E-state index in [1.54, 1.807) is 66.7 Å². The molecular weight excluding hydrogens is 568 g/mol. The third kappa shape index (κ3) is 6.06. The van der Waals surface area contributed by atoms with Crippen molar-refractivity contribution in [1.29, 1.82) is 0 Å². The molecule has 0 saturated heterocycles. The van der Waals surface area contributed by atoms with Crippen molar-refractivity contribution in [3.05, 3.63) is 107 Å². The lowest BCUT2D eigenvalue weighted by molar-refractivity contribution is 0.0999. The van der Waals surface area contributed by atoms with Crippen molar-refractivity contribution in [2.24, 2.45) is 0 Å². The van der Waals surface area contributed by atoms with Gasteiger partial charge >= 0.3 is 0 Å². The Hall–Kier alpha value is -4.74. The van der Waals surface area contributed by atoms with Crippen molar-refractivity contribution in [2.45, 2.75) is 17.8 Å². The molecule has 0 spiro atoms. The highest BCUT2D eigenvalue weighted by atomic mass is 35.5. The van der Waals surface area contributed by atoms with E-state index in [0.717, 1.165) is 11.8 Å². The molecule has 12 heteroatoms. The van der Waals surface area contributed by atoms with Crippen LogP contribution in [-0.2, 0) is 15.6 Å². The predicted molar refractivity (Wildman–Crippen MR) is 154 cm³/mol. The van der Waals surface area contributed by atoms with Gasteiger partial charge in [-0.3, -0.25) is 9.59 Å². The van der Waals surface area contributed by atoms with Gasteiger partial charge in [-0.15, -0.1) is 0 Å². The van der Waals surface area contributed by atoms with Crippen LogP contribution in [0, 0.1) is 6.92 Å². The van der Waals surface area contributed by atoms with Crippen LogP contribution in [0.4, 0.5) is 11.4 Å². The number of aryl methyl sites for hydroxylation is 1. The summed E-state index contributed by atoms with van der Waals surface area (Å²) in [5, 5.41) is 5.07. The van der Waals surface area contributed by atoms with Gasteiger partial charge in [-0.05, 0) is 48.9 Å². The van der Waals surface area contributed by atoms with Gasteiger partial charge in [-0.1, -0.05) is 53.6 Å². The van der Waals surface area contributed by atoms with Crippen LogP contribution in [-0.4, -0.2) is 37.3 Å². The number of halogens is 1. The average Bonchev–Trinajstić information content (AvgIpc) is 3.31. The lowest BCUT2D eigenvalue weighted by atomic mass is 10.2. The van der Waals surface area contributed by atoms with E-state index >= 15 is 0 Å². The molecule has 0 saturated carbocycles. The Kier molecular flexibility index (Phi) is 7.73. The minimum Gasteiger partial charge on any atom is -0.497 e. The molecule has 208 valence electrons. The lowest BCUT2D eigenvalue weighted by Crippen LogP contribution is -2.20. The summed E-state index contributed by atoms with van der Waals surface area (Å²) in [4.78, 5) is 34.5. The number of amides is 2. The number of aromatic nitrogens is 2. The number of ether oxygens (including phenoxy) is 1. The maximum absolute atomic E-state index is 13.4. The molecule has 0 aliphatic carbocycles. The number of fused-ring (bicyclic) bond motifs is 1. The number of hydrogen-bond donors (Lipinski definition) is 2. The first-order chi connectivity index (χ1) is 19.6. The van der Waals surface area contributed by atoms with Gasteiger partial charge in [0, 0.05) is 11.1 Å². The Balaban J connectivity index is 1.45. The van der Waals surface area contributed by atoms with E-state index in [1.165, 1.54) is 7.11 Å². The maximum Gasteiger partial charge on any atom is 0.293 e. The van der Waals surface area contributed by atoms with Crippen molar-refractivity contribution in [1.82, 2.24) is 9.97 Å². The Morgan fingerprint density at radius 2 is 1.73 bits per heavy atom. The molecule has 5 rings (SSSR count). The summed E-state index contributed by atoms with van der Waals surface area (Å²) in [5.74, 6) is -1.40. The molecule has 2 amide bonds.